The van der Waals surface area contributed by atoms with E-state index in [9.17, 15) is 0 Å². The summed E-state index contributed by atoms with van der Waals surface area (Å²) in [7, 11) is 0. The predicted molar refractivity (Wildman–Crippen MR) is 159 cm³/mol. The van der Waals surface area contributed by atoms with E-state index in [1.165, 1.54) is 0 Å². The van der Waals surface area contributed by atoms with Crippen molar-refractivity contribution >= 4 is 11.4 Å². The molecule has 0 fully saturated rings. The van der Waals surface area contributed by atoms with Crippen LogP contribution in [0.5, 0.6) is 11.5 Å². The molecule has 12 nitrogen and oxygen atoms in total. The number of benzene rings is 2. The fourth-order valence-electron chi connectivity index (χ4n) is 3.21. The SMILES string of the molecule is Nc1ccc(OCCOCCOCCOCCOCCOCCOCCOCCOCCOc2ccc(N)cc2)cc1. The van der Waals surface area contributed by atoms with Crippen LogP contribution in [0.15, 0.2) is 48.5 Å². The molecule has 0 aromatic heterocycles. The summed E-state index contributed by atoms with van der Waals surface area (Å²) in [6.45, 7) is 9.05. The molecule has 0 spiro atoms. The van der Waals surface area contributed by atoms with Gasteiger partial charge < -0.3 is 58.8 Å². The van der Waals surface area contributed by atoms with E-state index in [1.807, 2.05) is 24.3 Å². The first-order valence-electron chi connectivity index (χ1n) is 14.3. The van der Waals surface area contributed by atoms with E-state index in [0.29, 0.717) is 130 Å². The largest absolute Gasteiger partial charge is 0.491 e. The maximum absolute atomic E-state index is 5.64. The van der Waals surface area contributed by atoms with Gasteiger partial charge in [-0.05, 0) is 48.5 Å². The predicted octanol–water partition coefficient (Wildman–Crippen LogP) is 2.44. The highest BCUT2D eigenvalue weighted by atomic mass is 16.6. The Morgan fingerprint density at radius 3 is 0.690 bits per heavy atom. The summed E-state index contributed by atoms with van der Waals surface area (Å²) in [6.07, 6.45) is 0. The monoisotopic (exact) mass is 596 g/mol. The van der Waals surface area contributed by atoms with Crippen molar-refractivity contribution in [1.29, 1.82) is 0 Å². The van der Waals surface area contributed by atoms with Crippen LogP contribution in [0, 0.1) is 0 Å². The van der Waals surface area contributed by atoms with Gasteiger partial charge in [0, 0.05) is 11.4 Å². The Morgan fingerprint density at radius 2 is 0.476 bits per heavy atom. The first-order valence-corrected chi connectivity index (χ1v) is 14.3. The third-order valence-electron chi connectivity index (χ3n) is 5.36. The Bertz CT molecular complexity index is 787. The van der Waals surface area contributed by atoms with Gasteiger partial charge in [-0.25, -0.2) is 0 Å². The molecule has 0 unspecified atom stereocenters. The van der Waals surface area contributed by atoms with Crippen LogP contribution in [0.3, 0.4) is 0 Å². The third-order valence-corrected chi connectivity index (χ3v) is 5.36. The van der Waals surface area contributed by atoms with Crippen LogP contribution in [0.2, 0.25) is 0 Å². The molecule has 4 N–H and O–H groups in total. The van der Waals surface area contributed by atoms with Crippen molar-refractivity contribution in [3.63, 3.8) is 0 Å². The Morgan fingerprint density at radius 1 is 0.286 bits per heavy atom. The molecule has 0 saturated carbocycles. The van der Waals surface area contributed by atoms with Gasteiger partial charge in [0.25, 0.3) is 0 Å². The molecule has 12 heteroatoms. The standard InChI is InChI=1S/C30H48N2O10/c31-27-1-5-29(6-2-27)41-25-23-39-21-19-37-17-15-35-13-11-33-9-10-34-12-14-36-16-18-38-20-22-40-24-26-42-30-7-3-28(32)4-8-30/h1-8H,9-26,31-32H2. The minimum Gasteiger partial charge on any atom is -0.491 e. The second-order valence-electron chi connectivity index (χ2n) is 8.73. The molecular formula is C30H48N2O10. The number of hydrogen-bond donors (Lipinski definition) is 2. The van der Waals surface area contributed by atoms with Crippen LogP contribution in [0.1, 0.15) is 0 Å². The van der Waals surface area contributed by atoms with Crippen molar-refractivity contribution in [1.82, 2.24) is 0 Å². The van der Waals surface area contributed by atoms with Gasteiger partial charge >= 0.3 is 0 Å². The second-order valence-corrected chi connectivity index (χ2v) is 8.73. The number of hydrogen-bond acceptors (Lipinski definition) is 12. The lowest BCUT2D eigenvalue weighted by molar-refractivity contribution is -0.0241. The molecule has 0 aliphatic carbocycles. The normalized spacial score (nSPS) is 11.1. The summed E-state index contributed by atoms with van der Waals surface area (Å²) in [4.78, 5) is 0. The number of nitrogen functional groups attached to an aromatic ring is 2. The van der Waals surface area contributed by atoms with E-state index in [2.05, 4.69) is 0 Å². The molecule has 2 aromatic rings. The molecular weight excluding hydrogens is 548 g/mol. The van der Waals surface area contributed by atoms with Gasteiger partial charge in [0.2, 0.25) is 0 Å². The molecule has 0 aliphatic rings. The van der Waals surface area contributed by atoms with E-state index in [4.69, 9.17) is 58.8 Å². The number of anilines is 2. The maximum Gasteiger partial charge on any atom is 0.119 e. The van der Waals surface area contributed by atoms with Gasteiger partial charge in [-0.1, -0.05) is 0 Å². The molecule has 0 amide bonds. The highest BCUT2D eigenvalue weighted by Crippen LogP contribution is 2.13. The van der Waals surface area contributed by atoms with Crippen LogP contribution in [-0.4, -0.2) is 119 Å². The summed E-state index contributed by atoms with van der Waals surface area (Å²) in [5.74, 6) is 1.54. The molecule has 0 radical (unpaired) electrons. The lowest BCUT2D eigenvalue weighted by atomic mass is 10.3. The molecule has 2 aromatic carbocycles. The van der Waals surface area contributed by atoms with Gasteiger partial charge in [-0.2, -0.15) is 0 Å². The lowest BCUT2D eigenvalue weighted by Gasteiger charge is -2.09. The highest BCUT2D eigenvalue weighted by molar-refractivity contribution is 5.42. The third kappa shape index (κ3) is 21.1. The number of nitrogens with two attached hydrogens (primary N) is 2. The molecule has 0 saturated heterocycles. The first kappa shape index (κ1) is 35.5. The fraction of sp³-hybridized carbons (Fsp3) is 0.600. The van der Waals surface area contributed by atoms with Crippen molar-refractivity contribution in [2.24, 2.45) is 0 Å². The Kier molecular flexibility index (Phi) is 22.0. The summed E-state index contributed by atoms with van der Waals surface area (Å²) in [5.41, 5.74) is 12.7. The van der Waals surface area contributed by atoms with Gasteiger partial charge in [0.05, 0.1) is 106 Å². The number of rotatable bonds is 29. The summed E-state index contributed by atoms with van der Waals surface area (Å²) >= 11 is 0. The zero-order chi connectivity index (χ0) is 29.8. The van der Waals surface area contributed by atoms with E-state index in [1.54, 1.807) is 24.3 Å². The minimum atomic E-state index is 0.476. The van der Waals surface area contributed by atoms with Crippen LogP contribution < -0.4 is 20.9 Å². The number of ether oxygens (including phenoxy) is 10. The van der Waals surface area contributed by atoms with Gasteiger partial charge in [0.15, 0.2) is 0 Å². The fourth-order valence-corrected chi connectivity index (χ4v) is 3.21. The molecule has 0 bridgehead atoms. The Balaban J connectivity index is 1.17. The van der Waals surface area contributed by atoms with Crippen LogP contribution in [0.4, 0.5) is 11.4 Å². The molecule has 238 valence electrons. The zero-order valence-electron chi connectivity index (χ0n) is 24.6. The van der Waals surface area contributed by atoms with Crippen LogP contribution >= 0.6 is 0 Å². The molecule has 0 aliphatic heterocycles. The van der Waals surface area contributed by atoms with Gasteiger partial charge in [0.1, 0.15) is 24.7 Å². The molecule has 2 rings (SSSR count). The van der Waals surface area contributed by atoms with Crippen molar-refractivity contribution in [2.45, 2.75) is 0 Å². The smallest absolute Gasteiger partial charge is 0.119 e. The van der Waals surface area contributed by atoms with E-state index in [0.717, 1.165) is 11.5 Å². The molecule has 0 atom stereocenters. The molecule has 42 heavy (non-hydrogen) atoms. The maximum atomic E-state index is 5.64. The topological polar surface area (TPSA) is 144 Å². The zero-order valence-corrected chi connectivity index (χ0v) is 24.6. The second kappa shape index (κ2) is 26.0. The summed E-state index contributed by atoms with van der Waals surface area (Å²) < 4.78 is 54.9. The summed E-state index contributed by atoms with van der Waals surface area (Å²) in [6, 6.07) is 14.5. The van der Waals surface area contributed by atoms with Crippen molar-refractivity contribution in [3.8, 4) is 11.5 Å². The minimum absolute atomic E-state index is 0.476. The van der Waals surface area contributed by atoms with Crippen molar-refractivity contribution in [2.75, 3.05) is 130 Å². The van der Waals surface area contributed by atoms with Crippen molar-refractivity contribution < 1.29 is 47.4 Å². The first-order chi connectivity index (χ1) is 20.7. The summed E-state index contributed by atoms with van der Waals surface area (Å²) in [5, 5.41) is 0. The van der Waals surface area contributed by atoms with Crippen molar-refractivity contribution in [3.05, 3.63) is 48.5 Å². The Labute approximate surface area is 249 Å². The lowest BCUT2D eigenvalue weighted by Crippen LogP contribution is -2.15. The van der Waals surface area contributed by atoms with E-state index in [-0.39, 0.29) is 0 Å². The average Bonchev–Trinajstić information content (AvgIpc) is 3.00. The molecule has 0 heterocycles. The quantitative estimate of drug-likeness (QED) is 0.105. The van der Waals surface area contributed by atoms with Crippen LogP contribution in [0.25, 0.3) is 0 Å². The van der Waals surface area contributed by atoms with Gasteiger partial charge in [-0.3, -0.25) is 0 Å². The van der Waals surface area contributed by atoms with E-state index >= 15 is 0 Å². The average molecular weight is 597 g/mol. The van der Waals surface area contributed by atoms with Gasteiger partial charge in [-0.15, -0.1) is 0 Å². The highest BCUT2D eigenvalue weighted by Gasteiger charge is 1.97. The van der Waals surface area contributed by atoms with E-state index < -0.39 is 0 Å². The van der Waals surface area contributed by atoms with Crippen LogP contribution in [-0.2, 0) is 37.9 Å². The Hall–Kier alpha value is -2.68.